The van der Waals surface area contributed by atoms with Crippen LogP contribution in [0.25, 0.3) is 17.7 Å². The number of benzene rings is 1. The zero-order chi connectivity index (χ0) is 21.5. The summed E-state index contributed by atoms with van der Waals surface area (Å²) in [6.07, 6.45) is 11.1. The van der Waals surface area contributed by atoms with Crippen molar-refractivity contribution in [2.75, 3.05) is 18.1 Å². The molecule has 0 spiro atoms. The normalized spacial score (nSPS) is 11.5. The van der Waals surface area contributed by atoms with Gasteiger partial charge in [-0.3, -0.25) is 9.78 Å². The van der Waals surface area contributed by atoms with Crippen LogP contribution in [0.4, 0.5) is 11.5 Å². The first-order valence-electron chi connectivity index (χ1n) is 9.09. The minimum absolute atomic E-state index is 0.288. The molecule has 0 aliphatic rings. The molecule has 1 aromatic carbocycles. The smallest absolute Gasteiger partial charge is 0.150 e. The van der Waals surface area contributed by atoms with Crippen LogP contribution in [0.5, 0.6) is 0 Å². The van der Waals surface area contributed by atoms with E-state index < -0.39 is 0 Å². The average molecular weight is 462 g/mol. The number of hydrogen-bond acceptors (Lipinski definition) is 6. The first-order valence-corrected chi connectivity index (χ1v) is 9.88. The Bertz CT molecular complexity index is 1140. The second-order valence-electron chi connectivity index (χ2n) is 6.40. The maximum Gasteiger partial charge on any atom is 0.150 e. The Labute approximate surface area is 183 Å². The van der Waals surface area contributed by atoms with Crippen LogP contribution in [-0.4, -0.2) is 29.0 Å². The van der Waals surface area contributed by atoms with Gasteiger partial charge >= 0.3 is 0 Å². The highest BCUT2D eigenvalue weighted by Gasteiger charge is 2.10. The largest absolute Gasteiger partial charge is 0.398 e. The number of nitrogen functional groups attached to an aromatic ring is 1. The topological polar surface area (TPSA) is 105 Å². The molecular weight excluding hydrogens is 442 g/mol. The van der Waals surface area contributed by atoms with Gasteiger partial charge in [-0.05, 0) is 57.4 Å². The number of pyridine rings is 2. The van der Waals surface area contributed by atoms with E-state index in [4.69, 9.17) is 11.1 Å². The fourth-order valence-corrected chi connectivity index (χ4v) is 3.20. The van der Waals surface area contributed by atoms with E-state index in [0.717, 1.165) is 21.9 Å². The predicted octanol–water partition coefficient (Wildman–Crippen LogP) is 4.68. The van der Waals surface area contributed by atoms with E-state index in [1.54, 1.807) is 49.9 Å². The zero-order valence-corrected chi connectivity index (χ0v) is 17.8. The van der Waals surface area contributed by atoms with Crippen molar-refractivity contribution in [1.29, 1.82) is 5.41 Å². The molecule has 0 bridgehead atoms. The van der Waals surface area contributed by atoms with E-state index >= 15 is 0 Å². The van der Waals surface area contributed by atoms with Crippen LogP contribution in [0.1, 0.15) is 22.3 Å². The minimum atomic E-state index is 0.288. The van der Waals surface area contributed by atoms with Gasteiger partial charge in [0, 0.05) is 52.5 Å². The Morgan fingerprint density at radius 3 is 2.67 bits per heavy atom. The van der Waals surface area contributed by atoms with Crippen molar-refractivity contribution in [2.45, 2.75) is 0 Å². The SMILES string of the molecule is CNc1ncc(Br)cc1/C(C=O)=C\c1ccc(C(=N)/C=C/c2cccnc2)c(N)c1. The number of nitrogens with two attached hydrogens (primary N) is 1. The molecule has 2 aromatic heterocycles. The number of rotatable bonds is 7. The molecule has 3 aromatic rings. The number of nitrogens with zero attached hydrogens (tertiary/aromatic N) is 2. The molecule has 0 aliphatic carbocycles. The molecule has 0 aliphatic heterocycles. The standard InChI is InChI=1S/C23H20BrN5O/c1-27-23-20(11-18(24)13-29-23)17(14-30)9-16-4-6-19(22(26)10-16)21(25)7-5-15-3-2-8-28-12-15/h2-14,25H,26H2,1H3,(H,27,29)/b7-5+,17-9-,25-21?. The quantitative estimate of drug-likeness (QED) is 0.205. The van der Waals surface area contributed by atoms with Gasteiger partial charge in [-0.25, -0.2) is 4.98 Å². The first kappa shape index (κ1) is 21.1. The molecule has 0 unspecified atom stereocenters. The lowest BCUT2D eigenvalue weighted by molar-refractivity contribution is -0.103. The van der Waals surface area contributed by atoms with Gasteiger partial charge in [0.25, 0.3) is 0 Å². The van der Waals surface area contributed by atoms with Crippen molar-refractivity contribution in [2.24, 2.45) is 0 Å². The highest BCUT2D eigenvalue weighted by atomic mass is 79.9. The third-order valence-electron chi connectivity index (χ3n) is 4.34. The van der Waals surface area contributed by atoms with Crippen molar-refractivity contribution in [3.63, 3.8) is 0 Å². The summed E-state index contributed by atoms with van der Waals surface area (Å²) >= 11 is 3.39. The Kier molecular flexibility index (Phi) is 6.87. The third-order valence-corrected chi connectivity index (χ3v) is 4.78. The number of hydrogen-bond donors (Lipinski definition) is 3. The molecule has 0 saturated carbocycles. The van der Waals surface area contributed by atoms with Gasteiger partial charge in [-0.15, -0.1) is 0 Å². The number of aromatic nitrogens is 2. The average Bonchev–Trinajstić information content (AvgIpc) is 2.76. The molecule has 2 heterocycles. The van der Waals surface area contributed by atoms with E-state index in [-0.39, 0.29) is 5.71 Å². The highest BCUT2D eigenvalue weighted by Crippen LogP contribution is 2.27. The summed E-state index contributed by atoms with van der Waals surface area (Å²) in [5, 5.41) is 11.3. The molecule has 0 radical (unpaired) electrons. The number of halogens is 1. The van der Waals surface area contributed by atoms with Crippen LogP contribution in [0.15, 0.2) is 65.5 Å². The monoisotopic (exact) mass is 461 g/mol. The van der Waals surface area contributed by atoms with Crippen LogP contribution in [0.3, 0.4) is 0 Å². The lowest BCUT2D eigenvalue weighted by Gasteiger charge is -2.09. The van der Waals surface area contributed by atoms with Crippen molar-refractivity contribution >= 4 is 57.2 Å². The van der Waals surface area contributed by atoms with E-state index in [2.05, 4.69) is 31.2 Å². The van der Waals surface area contributed by atoms with Gasteiger partial charge in [0.1, 0.15) is 5.82 Å². The molecule has 4 N–H and O–H groups in total. The van der Waals surface area contributed by atoms with E-state index in [1.807, 2.05) is 30.3 Å². The Hall–Kier alpha value is -3.58. The summed E-state index contributed by atoms with van der Waals surface area (Å²) in [7, 11) is 1.75. The van der Waals surface area contributed by atoms with Crippen LogP contribution in [0.2, 0.25) is 0 Å². The van der Waals surface area contributed by atoms with Gasteiger partial charge in [0.05, 0.1) is 5.71 Å². The van der Waals surface area contributed by atoms with Crippen LogP contribution >= 0.6 is 15.9 Å². The molecule has 0 fully saturated rings. The fraction of sp³-hybridized carbons (Fsp3) is 0.0435. The fourth-order valence-electron chi connectivity index (χ4n) is 2.87. The Morgan fingerprint density at radius 1 is 1.17 bits per heavy atom. The molecule has 0 amide bonds. The first-order chi connectivity index (χ1) is 14.5. The molecule has 0 saturated heterocycles. The maximum absolute atomic E-state index is 11.8. The molecule has 3 rings (SSSR count). The summed E-state index contributed by atoms with van der Waals surface area (Å²) in [6.45, 7) is 0. The Morgan fingerprint density at radius 2 is 2.00 bits per heavy atom. The molecule has 6 nitrogen and oxygen atoms in total. The third kappa shape index (κ3) is 5.07. The summed E-state index contributed by atoms with van der Waals surface area (Å²) in [5.74, 6) is 0.600. The van der Waals surface area contributed by atoms with E-state index in [1.165, 1.54) is 0 Å². The Balaban J connectivity index is 1.89. The lowest BCUT2D eigenvalue weighted by Crippen LogP contribution is -2.02. The number of carbonyl (C=O) groups is 1. The van der Waals surface area contributed by atoms with Crippen molar-refractivity contribution < 1.29 is 4.79 Å². The summed E-state index contributed by atoms with van der Waals surface area (Å²) < 4.78 is 0.771. The van der Waals surface area contributed by atoms with Crippen LogP contribution < -0.4 is 11.1 Å². The second kappa shape index (κ2) is 9.76. The van der Waals surface area contributed by atoms with Crippen molar-refractivity contribution in [1.82, 2.24) is 9.97 Å². The highest BCUT2D eigenvalue weighted by molar-refractivity contribution is 9.10. The second-order valence-corrected chi connectivity index (χ2v) is 7.31. The number of carbonyl (C=O) groups excluding carboxylic acids is 1. The molecular formula is C23H20BrN5O. The van der Waals surface area contributed by atoms with Gasteiger partial charge in [-0.2, -0.15) is 0 Å². The molecule has 0 atom stereocenters. The van der Waals surface area contributed by atoms with Crippen LogP contribution in [0, 0.1) is 5.41 Å². The molecule has 7 heteroatoms. The molecule has 150 valence electrons. The van der Waals surface area contributed by atoms with Gasteiger partial charge in [0.2, 0.25) is 0 Å². The number of anilines is 2. The predicted molar refractivity (Wildman–Crippen MR) is 126 cm³/mol. The lowest BCUT2D eigenvalue weighted by atomic mass is 10.0. The van der Waals surface area contributed by atoms with Crippen molar-refractivity contribution in [3.05, 3.63) is 87.8 Å². The minimum Gasteiger partial charge on any atom is -0.398 e. The summed E-state index contributed by atoms with van der Waals surface area (Å²) in [5.41, 5.74) is 10.3. The summed E-state index contributed by atoms with van der Waals surface area (Å²) in [6, 6.07) is 10.9. The van der Waals surface area contributed by atoms with Gasteiger partial charge < -0.3 is 16.5 Å². The number of aldehydes is 1. The van der Waals surface area contributed by atoms with E-state index in [0.29, 0.717) is 28.2 Å². The molecule has 30 heavy (non-hydrogen) atoms. The summed E-state index contributed by atoms with van der Waals surface area (Å²) in [4.78, 5) is 20.1. The van der Waals surface area contributed by atoms with Gasteiger partial charge in [0.15, 0.2) is 6.29 Å². The number of nitrogens with one attached hydrogen (secondary N) is 2. The van der Waals surface area contributed by atoms with Crippen molar-refractivity contribution in [3.8, 4) is 0 Å². The van der Waals surface area contributed by atoms with Gasteiger partial charge in [-0.1, -0.05) is 24.3 Å². The number of allylic oxidation sites excluding steroid dienone is 2. The van der Waals surface area contributed by atoms with E-state index in [9.17, 15) is 4.79 Å². The van der Waals surface area contributed by atoms with Crippen LogP contribution in [-0.2, 0) is 4.79 Å². The zero-order valence-electron chi connectivity index (χ0n) is 16.3. The maximum atomic E-state index is 11.8.